The molecule has 0 radical (unpaired) electrons. The summed E-state index contributed by atoms with van der Waals surface area (Å²) in [5.74, 6) is 0.436. The van der Waals surface area contributed by atoms with Crippen molar-refractivity contribution in [1.82, 2.24) is 10.2 Å². The predicted molar refractivity (Wildman–Crippen MR) is 81.1 cm³/mol. The summed E-state index contributed by atoms with van der Waals surface area (Å²) in [5.41, 5.74) is 6.10. The molecule has 0 spiro atoms. The largest absolute Gasteiger partial charge is 0.497 e. The second-order valence-corrected chi connectivity index (χ2v) is 4.88. The highest BCUT2D eigenvalue weighted by molar-refractivity contribution is 5.94. The van der Waals surface area contributed by atoms with Gasteiger partial charge in [-0.3, -0.25) is 15.0 Å². The molecule has 1 aromatic carbocycles. The number of nitrogens with zero attached hydrogens (tertiary/aromatic N) is 1. The smallest absolute Gasteiger partial charge is 0.318 e. The van der Waals surface area contributed by atoms with Crippen molar-refractivity contribution < 1.29 is 14.3 Å². The number of methoxy groups -OCH3 is 1. The normalized spacial score (nSPS) is 12.0. The number of imide groups is 1. The van der Waals surface area contributed by atoms with Crippen molar-refractivity contribution in [1.29, 1.82) is 0 Å². The number of ether oxygens (including phenoxy) is 1. The fraction of sp³-hybridized carbons (Fsp3) is 0.467. The zero-order valence-corrected chi connectivity index (χ0v) is 12.8. The average molecular weight is 293 g/mol. The summed E-state index contributed by atoms with van der Waals surface area (Å²) in [5, 5.41) is 2.08. The number of primary amides is 1. The maximum atomic E-state index is 11.6. The van der Waals surface area contributed by atoms with E-state index < -0.39 is 6.03 Å². The second kappa shape index (κ2) is 8.26. The summed E-state index contributed by atoms with van der Waals surface area (Å²) in [4.78, 5) is 24.2. The number of rotatable bonds is 7. The lowest BCUT2D eigenvalue weighted by Crippen LogP contribution is -2.45. The number of amides is 3. The van der Waals surface area contributed by atoms with E-state index in [1.807, 2.05) is 43.0 Å². The minimum Gasteiger partial charge on any atom is -0.497 e. The highest BCUT2D eigenvalue weighted by Gasteiger charge is 2.16. The van der Waals surface area contributed by atoms with Crippen LogP contribution < -0.4 is 15.8 Å². The van der Waals surface area contributed by atoms with E-state index >= 15 is 0 Å². The van der Waals surface area contributed by atoms with Crippen molar-refractivity contribution >= 4 is 11.9 Å². The number of likely N-dealkylation sites (N-methyl/N-ethyl adjacent to an activating group) is 1. The molecule has 0 aliphatic rings. The Balaban J connectivity index is 2.59. The molecular weight excluding hydrogens is 270 g/mol. The van der Waals surface area contributed by atoms with Gasteiger partial charge in [-0.25, -0.2) is 4.79 Å². The Bertz CT molecular complexity index is 474. The van der Waals surface area contributed by atoms with Crippen LogP contribution in [0.4, 0.5) is 4.79 Å². The second-order valence-electron chi connectivity index (χ2n) is 4.88. The maximum Gasteiger partial charge on any atom is 0.318 e. The van der Waals surface area contributed by atoms with Crippen molar-refractivity contribution in [2.45, 2.75) is 26.3 Å². The van der Waals surface area contributed by atoms with Crippen molar-refractivity contribution in [3.05, 3.63) is 29.8 Å². The van der Waals surface area contributed by atoms with Crippen LogP contribution in [0.5, 0.6) is 5.75 Å². The third-order valence-corrected chi connectivity index (χ3v) is 3.33. The fourth-order valence-electron chi connectivity index (χ4n) is 2.17. The molecular formula is C15H23N3O3. The third-order valence-electron chi connectivity index (χ3n) is 3.33. The number of carbonyl (C=O) groups excluding carboxylic acids is 2. The summed E-state index contributed by atoms with van der Waals surface area (Å²) < 4.78 is 5.13. The Morgan fingerprint density at radius 3 is 2.43 bits per heavy atom. The van der Waals surface area contributed by atoms with Gasteiger partial charge in [-0.2, -0.15) is 0 Å². The topological polar surface area (TPSA) is 84.7 Å². The molecule has 3 N–H and O–H groups in total. The van der Waals surface area contributed by atoms with Crippen LogP contribution in [-0.2, 0) is 11.2 Å². The minimum absolute atomic E-state index is 0.150. The van der Waals surface area contributed by atoms with Gasteiger partial charge in [0.15, 0.2) is 0 Å². The monoisotopic (exact) mass is 293 g/mol. The van der Waals surface area contributed by atoms with Crippen LogP contribution in [0.15, 0.2) is 24.3 Å². The van der Waals surface area contributed by atoms with E-state index in [4.69, 9.17) is 10.5 Å². The number of nitrogens with one attached hydrogen (secondary N) is 1. The van der Waals surface area contributed by atoms with Gasteiger partial charge in [-0.05, 0) is 37.6 Å². The lowest BCUT2D eigenvalue weighted by molar-refractivity contribution is -0.121. The average Bonchev–Trinajstić information content (AvgIpc) is 2.44. The molecule has 0 aliphatic carbocycles. The first-order valence-electron chi connectivity index (χ1n) is 6.92. The van der Waals surface area contributed by atoms with Gasteiger partial charge in [-0.15, -0.1) is 0 Å². The first-order valence-corrected chi connectivity index (χ1v) is 6.92. The summed E-state index contributed by atoms with van der Waals surface area (Å²) in [6, 6.07) is 7.19. The van der Waals surface area contributed by atoms with Crippen LogP contribution in [-0.4, -0.2) is 43.1 Å². The number of hydrogen-bond acceptors (Lipinski definition) is 4. The van der Waals surface area contributed by atoms with E-state index in [1.165, 1.54) is 0 Å². The summed E-state index contributed by atoms with van der Waals surface area (Å²) in [7, 11) is 1.63. The van der Waals surface area contributed by atoms with Gasteiger partial charge in [0.2, 0.25) is 5.91 Å². The molecule has 0 bridgehead atoms. The highest BCUT2D eigenvalue weighted by Crippen LogP contribution is 2.14. The van der Waals surface area contributed by atoms with Crippen LogP contribution in [0.25, 0.3) is 0 Å². The Labute approximate surface area is 125 Å². The Kier molecular flexibility index (Phi) is 6.68. The zero-order chi connectivity index (χ0) is 15.8. The molecule has 0 saturated heterocycles. The van der Waals surface area contributed by atoms with Crippen LogP contribution >= 0.6 is 0 Å². The number of carbonyl (C=O) groups is 2. The quantitative estimate of drug-likeness (QED) is 0.789. The van der Waals surface area contributed by atoms with Gasteiger partial charge in [0.05, 0.1) is 13.7 Å². The van der Waals surface area contributed by atoms with Gasteiger partial charge in [0.1, 0.15) is 5.75 Å². The van der Waals surface area contributed by atoms with Gasteiger partial charge >= 0.3 is 6.03 Å². The number of nitrogens with two attached hydrogens (primary N) is 1. The first kappa shape index (κ1) is 17.0. The molecule has 1 rings (SSSR count). The molecule has 0 aliphatic heterocycles. The Morgan fingerprint density at radius 1 is 1.33 bits per heavy atom. The molecule has 0 unspecified atom stereocenters. The molecule has 0 aromatic heterocycles. The molecule has 0 fully saturated rings. The molecule has 6 nitrogen and oxygen atoms in total. The highest BCUT2D eigenvalue weighted by atomic mass is 16.5. The number of benzene rings is 1. The van der Waals surface area contributed by atoms with E-state index in [0.717, 1.165) is 17.7 Å². The van der Waals surface area contributed by atoms with E-state index in [0.29, 0.717) is 6.54 Å². The summed E-state index contributed by atoms with van der Waals surface area (Å²) in [6.07, 6.45) is 0.807. The van der Waals surface area contributed by atoms with Crippen LogP contribution in [0.2, 0.25) is 0 Å². The standard InChI is InChI=1S/C15H23N3O3/c1-4-18(10-14(19)17-15(16)20)11(2)9-12-5-7-13(21-3)8-6-12/h5-8,11H,4,9-10H2,1-3H3,(H3,16,17,19,20)/t11-/m0/s1. The van der Waals surface area contributed by atoms with Gasteiger partial charge in [0, 0.05) is 6.04 Å². The number of hydrogen-bond donors (Lipinski definition) is 2. The zero-order valence-electron chi connectivity index (χ0n) is 12.8. The fourth-order valence-corrected chi connectivity index (χ4v) is 2.17. The van der Waals surface area contributed by atoms with Gasteiger partial charge in [0.25, 0.3) is 0 Å². The van der Waals surface area contributed by atoms with Crippen LogP contribution in [0.1, 0.15) is 19.4 Å². The SMILES string of the molecule is CCN(CC(=O)NC(N)=O)[C@@H](C)Cc1ccc(OC)cc1. The van der Waals surface area contributed by atoms with E-state index in [-0.39, 0.29) is 18.5 Å². The first-order chi connectivity index (χ1) is 9.96. The molecule has 116 valence electrons. The van der Waals surface area contributed by atoms with Crippen molar-refractivity contribution in [2.24, 2.45) is 5.73 Å². The lowest BCUT2D eigenvalue weighted by atomic mass is 10.1. The van der Waals surface area contributed by atoms with E-state index in [1.54, 1.807) is 7.11 Å². The van der Waals surface area contributed by atoms with Gasteiger partial charge in [-0.1, -0.05) is 19.1 Å². The van der Waals surface area contributed by atoms with Crippen molar-refractivity contribution in [2.75, 3.05) is 20.2 Å². The maximum absolute atomic E-state index is 11.6. The van der Waals surface area contributed by atoms with E-state index in [9.17, 15) is 9.59 Å². The summed E-state index contributed by atoms with van der Waals surface area (Å²) >= 11 is 0. The van der Waals surface area contributed by atoms with Gasteiger partial charge < -0.3 is 10.5 Å². The van der Waals surface area contributed by atoms with E-state index in [2.05, 4.69) is 5.32 Å². The van der Waals surface area contributed by atoms with Crippen LogP contribution in [0, 0.1) is 0 Å². The predicted octanol–water partition coefficient (Wildman–Crippen LogP) is 1.14. The molecule has 6 heteroatoms. The minimum atomic E-state index is -0.820. The molecule has 1 atom stereocenters. The van der Waals surface area contributed by atoms with Crippen LogP contribution in [0.3, 0.4) is 0 Å². The lowest BCUT2D eigenvalue weighted by Gasteiger charge is -2.27. The van der Waals surface area contributed by atoms with Crippen molar-refractivity contribution in [3.8, 4) is 5.75 Å². The number of urea groups is 1. The molecule has 1 aromatic rings. The molecule has 3 amide bonds. The molecule has 21 heavy (non-hydrogen) atoms. The summed E-state index contributed by atoms with van der Waals surface area (Å²) in [6.45, 7) is 4.88. The molecule has 0 heterocycles. The van der Waals surface area contributed by atoms with Crippen molar-refractivity contribution in [3.63, 3.8) is 0 Å². The third kappa shape index (κ3) is 5.83. The Hall–Kier alpha value is -2.08. The molecule has 0 saturated carbocycles. The Morgan fingerprint density at radius 2 is 1.95 bits per heavy atom.